The third kappa shape index (κ3) is 2.90. The zero-order chi connectivity index (χ0) is 14.0. The SMILES string of the molecule is CC(=O)c1nc[nH]c1C(=O)Nc1cc(Br)ccc1C. The molecular formula is C13H12BrN3O2. The van der Waals surface area contributed by atoms with Gasteiger partial charge in [0.2, 0.25) is 0 Å². The number of aryl methyl sites for hydroxylation is 1. The van der Waals surface area contributed by atoms with Crippen molar-refractivity contribution in [2.24, 2.45) is 0 Å². The van der Waals surface area contributed by atoms with Gasteiger partial charge in [-0.3, -0.25) is 9.59 Å². The van der Waals surface area contributed by atoms with Gasteiger partial charge in [-0.05, 0) is 24.6 Å². The Morgan fingerprint density at radius 1 is 1.37 bits per heavy atom. The summed E-state index contributed by atoms with van der Waals surface area (Å²) in [5.41, 5.74) is 1.93. The van der Waals surface area contributed by atoms with E-state index in [1.54, 1.807) is 6.07 Å². The number of aromatic amines is 1. The number of ketones is 1. The van der Waals surface area contributed by atoms with E-state index in [9.17, 15) is 9.59 Å². The fourth-order valence-corrected chi connectivity index (χ4v) is 2.01. The van der Waals surface area contributed by atoms with Gasteiger partial charge < -0.3 is 10.3 Å². The molecule has 0 aliphatic heterocycles. The van der Waals surface area contributed by atoms with E-state index in [0.717, 1.165) is 10.0 Å². The number of carbonyl (C=O) groups is 2. The lowest BCUT2D eigenvalue weighted by Gasteiger charge is -2.08. The molecule has 0 fully saturated rings. The van der Waals surface area contributed by atoms with E-state index < -0.39 is 0 Å². The number of nitrogens with zero attached hydrogens (tertiary/aromatic N) is 1. The lowest BCUT2D eigenvalue weighted by atomic mass is 10.2. The number of imidazole rings is 1. The van der Waals surface area contributed by atoms with Gasteiger partial charge in [0.25, 0.3) is 5.91 Å². The number of Topliss-reactive ketones (excluding diaryl/α,β-unsaturated/α-hetero) is 1. The van der Waals surface area contributed by atoms with Crippen molar-refractivity contribution in [1.29, 1.82) is 0 Å². The van der Waals surface area contributed by atoms with E-state index >= 15 is 0 Å². The quantitative estimate of drug-likeness (QED) is 0.853. The first-order valence-corrected chi connectivity index (χ1v) is 6.40. The van der Waals surface area contributed by atoms with Gasteiger partial charge in [0.05, 0.1) is 6.33 Å². The van der Waals surface area contributed by atoms with Crippen molar-refractivity contribution in [2.45, 2.75) is 13.8 Å². The Bertz CT molecular complexity index is 649. The molecule has 2 N–H and O–H groups in total. The summed E-state index contributed by atoms with van der Waals surface area (Å²) in [5, 5.41) is 2.76. The van der Waals surface area contributed by atoms with Crippen LogP contribution in [0.2, 0.25) is 0 Å². The third-order valence-electron chi connectivity index (χ3n) is 2.65. The molecular weight excluding hydrogens is 310 g/mol. The maximum absolute atomic E-state index is 12.1. The molecule has 0 bridgehead atoms. The van der Waals surface area contributed by atoms with Crippen LogP contribution in [-0.4, -0.2) is 21.7 Å². The van der Waals surface area contributed by atoms with Gasteiger partial charge in [0.15, 0.2) is 5.78 Å². The predicted octanol–water partition coefficient (Wildman–Crippen LogP) is 2.94. The number of hydrogen-bond donors (Lipinski definition) is 2. The first kappa shape index (κ1) is 13.5. The van der Waals surface area contributed by atoms with Gasteiger partial charge in [0.1, 0.15) is 11.4 Å². The molecule has 19 heavy (non-hydrogen) atoms. The molecule has 0 saturated heterocycles. The Morgan fingerprint density at radius 2 is 2.11 bits per heavy atom. The van der Waals surface area contributed by atoms with E-state index in [1.807, 2.05) is 19.1 Å². The first-order chi connectivity index (χ1) is 8.99. The highest BCUT2D eigenvalue weighted by Gasteiger charge is 2.18. The second kappa shape index (κ2) is 5.36. The Hall–Kier alpha value is -1.95. The Morgan fingerprint density at radius 3 is 2.79 bits per heavy atom. The number of benzene rings is 1. The number of anilines is 1. The number of halogens is 1. The predicted molar refractivity (Wildman–Crippen MR) is 75.4 cm³/mol. The molecule has 0 saturated carbocycles. The van der Waals surface area contributed by atoms with Crippen LogP contribution in [0.25, 0.3) is 0 Å². The van der Waals surface area contributed by atoms with Crippen molar-refractivity contribution >= 4 is 33.3 Å². The number of amides is 1. The van der Waals surface area contributed by atoms with Crippen LogP contribution in [0.1, 0.15) is 33.5 Å². The second-order valence-corrected chi connectivity index (χ2v) is 5.01. The van der Waals surface area contributed by atoms with Crippen LogP contribution in [0, 0.1) is 6.92 Å². The monoisotopic (exact) mass is 321 g/mol. The highest BCUT2D eigenvalue weighted by atomic mass is 79.9. The molecule has 0 aliphatic rings. The highest BCUT2D eigenvalue weighted by molar-refractivity contribution is 9.10. The number of aromatic nitrogens is 2. The zero-order valence-electron chi connectivity index (χ0n) is 10.5. The molecule has 98 valence electrons. The first-order valence-electron chi connectivity index (χ1n) is 5.61. The largest absolute Gasteiger partial charge is 0.340 e. The molecule has 1 amide bonds. The molecule has 1 heterocycles. The lowest BCUT2D eigenvalue weighted by molar-refractivity contribution is 0.0980. The van der Waals surface area contributed by atoms with Gasteiger partial charge in [-0.15, -0.1) is 0 Å². The van der Waals surface area contributed by atoms with Crippen molar-refractivity contribution in [3.63, 3.8) is 0 Å². The van der Waals surface area contributed by atoms with Crippen LogP contribution in [-0.2, 0) is 0 Å². The summed E-state index contributed by atoms with van der Waals surface area (Å²) in [6.07, 6.45) is 1.33. The molecule has 6 heteroatoms. The molecule has 0 aliphatic carbocycles. The Labute approximate surface area is 118 Å². The fraction of sp³-hybridized carbons (Fsp3) is 0.154. The van der Waals surface area contributed by atoms with Crippen LogP contribution < -0.4 is 5.32 Å². The van der Waals surface area contributed by atoms with Crippen LogP contribution in [0.5, 0.6) is 0 Å². The van der Waals surface area contributed by atoms with Gasteiger partial charge in [-0.2, -0.15) is 0 Å². The third-order valence-corrected chi connectivity index (χ3v) is 3.14. The van der Waals surface area contributed by atoms with Gasteiger partial charge in [-0.1, -0.05) is 22.0 Å². The van der Waals surface area contributed by atoms with Crippen LogP contribution >= 0.6 is 15.9 Å². The molecule has 5 nitrogen and oxygen atoms in total. The standard InChI is InChI=1S/C13H12BrN3O2/c1-7-3-4-9(14)5-10(7)17-13(19)12-11(8(2)18)15-6-16-12/h3-6H,1-2H3,(H,15,16)(H,17,19). The second-order valence-electron chi connectivity index (χ2n) is 4.10. The molecule has 0 unspecified atom stereocenters. The maximum Gasteiger partial charge on any atom is 0.274 e. The van der Waals surface area contributed by atoms with Crippen LogP contribution in [0.15, 0.2) is 29.0 Å². The Kier molecular flexibility index (Phi) is 3.80. The molecule has 0 spiro atoms. The average Bonchev–Trinajstić information content (AvgIpc) is 2.83. The number of nitrogens with one attached hydrogen (secondary N) is 2. The fourth-order valence-electron chi connectivity index (χ4n) is 1.65. The van der Waals surface area contributed by atoms with Crippen molar-refractivity contribution in [1.82, 2.24) is 9.97 Å². The van der Waals surface area contributed by atoms with Gasteiger partial charge >= 0.3 is 0 Å². The highest BCUT2D eigenvalue weighted by Crippen LogP contribution is 2.21. The molecule has 2 aromatic rings. The number of carbonyl (C=O) groups excluding carboxylic acids is 2. The van der Waals surface area contributed by atoms with Crippen LogP contribution in [0.3, 0.4) is 0 Å². The van der Waals surface area contributed by atoms with E-state index in [0.29, 0.717) is 5.69 Å². The van der Waals surface area contributed by atoms with Crippen molar-refractivity contribution in [2.75, 3.05) is 5.32 Å². The molecule has 1 aromatic heterocycles. The minimum atomic E-state index is -0.385. The molecule has 1 aromatic carbocycles. The van der Waals surface area contributed by atoms with Crippen molar-refractivity contribution in [3.8, 4) is 0 Å². The summed E-state index contributed by atoms with van der Waals surface area (Å²) in [4.78, 5) is 30.0. The molecule has 0 atom stereocenters. The summed E-state index contributed by atoms with van der Waals surface area (Å²) >= 11 is 3.35. The minimum Gasteiger partial charge on any atom is -0.340 e. The average molecular weight is 322 g/mol. The summed E-state index contributed by atoms with van der Waals surface area (Å²) in [6, 6.07) is 5.58. The van der Waals surface area contributed by atoms with E-state index in [-0.39, 0.29) is 23.1 Å². The zero-order valence-corrected chi connectivity index (χ0v) is 12.0. The normalized spacial score (nSPS) is 10.3. The van der Waals surface area contributed by atoms with Crippen molar-refractivity contribution in [3.05, 3.63) is 46.0 Å². The van der Waals surface area contributed by atoms with E-state index in [2.05, 4.69) is 31.2 Å². The smallest absolute Gasteiger partial charge is 0.274 e. The summed E-state index contributed by atoms with van der Waals surface area (Å²) < 4.78 is 0.866. The molecule has 2 rings (SSSR count). The maximum atomic E-state index is 12.1. The summed E-state index contributed by atoms with van der Waals surface area (Å²) in [6.45, 7) is 3.26. The Balaban J connectivity index is 2.28. The number of rotatable bonds is 3. The minimum absolute atomic E-state index is 0.144. The van der Waals surface area contributed by atoms with E-state index in [1.165, 1.54) is 13.3 Å². The molecule has 0 radical (unpaired) electrons. The van der Waals surface area contributed by atoms with Crippen LogP contribution in [0.4, 0.5) is 5.69 Å². The van der Waals surface area contributed by atoms with Gasteiger partial charge in [0, 0.05) is 17.1 Å². The summed E-state index contributed by atoms with van der Waals surface area (Å²) in [5.74, 6) is -0.638. The number of H-pyrrole nitrogens is 1. The topological polar surface area (TPSA) is 74.8 Å². The van der Waals surface area contributed by atoms with Crippen molar-refractivity contribution < 1.29 is 9.59 Å². The lowest BCUT2D eigenvalue weighted by Crippen LogP contribution is -2.16. The van der Waals surface area contributed by atoms with Gasteiger partial charge in [-0.25, -0.2) is 4.98 Å². The summed E-state index contributed by atoms with van der Waals surface area (Å²) in [7, 11) is 0. The number of hydrogen-bond acceptors (Lipinski definition) is 3. The van der Waals surface area contributed by atoms with E-state index in [4.69, 9.17) is 0 Å².